The average molecular weight is 379 g/mol. The van der Waals surface area contributed by atoms with Crippen molar-refractivity contribution >= 4 is 32.5 Å². The lowest BCUT2D eigenvalue weighted by atomic mass is 10.0. The number of hydrogen-bond acceptors (Lipinski definition) is 2. The third-order valence-corrected chi connectivity index (χ3v) is 6.93. The molecule has 2 aromatic carbocycles. The molecule has 2 heterocycles. The zero-order chi connectivity index (χ0) is 17.8. The fraction of sp³-hybridized carbons (Fsp3) is 0.222. The molecule has 3 aromatic rings. The number of nitrogens with zero attached hydrogens (tertiary/aromatic N) is 1. The van der Waals surface area contributed by atoms with E-state index in [9.17, 15) is 12.8 Å². The van der Waals surface area contributed by atoms with Crippen LogP contribution >= 0.6 is 11.6 Å². The van der Waals surface area contributed by atoms with Gasteiger partial charge >= 0.3 is 0 Å². The van der Waals surface area contributed by atoms with Crippen LogP contribution in [-0.4, -0.2) is 24.3 Å². The van der Waals surface area contributed by atoms with E-state index in [1.807, 2.05) is 0 Å². The fourth-order valence-corrected chi connectivity index (χ4v) is 4.93. The van der Waals surface area contributed by atoms with Crippen LogP contribution in [0.2, 0.25) is 5.02 Å². The Morgan fingerprint density at radius 1 is 1.20 bits per heavy atom. The zero-order valence-electron chi connectivity index (χ0n) is 13.5. The minimum Gasteiger partial charge on any atom is -0.357 e. The topological polar surface area (TPSA) is 53.2 Å². The lowest BCUT2D eigenvalue weighted by Crippen LogP contribution is -2.35. The van der Waals surface area contributed by atoms with Crippen LogP contribution in [0.15, 0.2) is 41.3 Å². The van der Waals surface area contributed by atoms with E-state index in [4.69, 9.17) is 11.6 Å². The van der Waals surface area contributed by atoms with Crippen LogP contribution in [0.1, 0.15) is 16.8 Å². The van der Waals surface area contributed by atoms with E-state index in [-0.39, 0.29) is 17.3 Å². The summed E-state index contributed by atoms with van der Waals surface area (Å²) in [6, 6.07) is 9.30. The van der Waals surface area contributed by atoms with E-state index >= 15 is 0 Å². The molecule has 0 atom stereocenters. The lowest BCUT2D eigenvalue weighted by Gasteiger charge is -2.26. The summed E-state index contributed by atoms with van der Waals surface area (Å²) in [5, 5.41) is 1.37. The van der Waals surface area contributed by atoms with Crippen molar-refractivity contribution in [2.45, 2.75) is 24.8 Å². The predicted molar refractivity (Wildman–Crippen MR) is 95.7 cm³/mol. The second-order valence-corrected chi connectivity index (χ2v) is 8.62. The Labute approximate surface area is 150 Å². The standard InChI is InChI=1S/C18H16ClFN2O2S/c1-11-8-13(3-4-16(11)19)25(23,24)22-7-6-14-15-9-12(20)2-5-17(15)21-18(14)10-22/h2-5,8-9,21H,6-7,10H2,1H3. The molecule has 4 rings (SSSR count). The highest BCUT2D eigenvalue weighted by Crippen LogP contribution is 2.31. The highest BCUT2D eigenvalue weighted by Gasteiger charge is 2.30. The van der Waals surface area contributed by atoms with Crippen molar-refractivity contribution in [1.29, 1.82) is 0 Å². The number of fused-ring (bicyclic) bond motifs is 3. The van der Waals surface area contributed by atoms with Gasteiger partial charge in [0.25, 0.3) is 0 Å². The number of aromatic nitrogens is 1. The van der Waals surface area contributed by atoms with Crippen LogP contribution in [-0.2, 0) is 23.0 Å². The maximum absolute atomic E-state index is 13.5. The first-order chi connectivity index (χ1) is 11.9. The van der Waals surface area contributed by atoms with Gasteiger partial charge < -0.3 is 4.98 Å². The first kappa shape index (κ1) is 16.6. The van der Waals surface area contributed by atoms with E-state index < -0.39 is 10.0 Å². The second kappa shape index (κ2) is 5.83. The van der Waals surface area contributed by atoms with Crippen molar-refractivity contribution in [3.05, 3.63) is 64.1 Å². The molecule has 0 saturated carbocycles. The molecule has 0 radical (unpaired) electrons. The molecular formula is C18H16ClFN2O2S. The third-order valence-electron chi connectivity index (χ3n) is 4.67. The highest BCUT2D eigenvalue weighted by molar-refractivity contribution is 7.89. The van der Waals surface area contributed by atoms with Crippen LogP contribution in [0.5, 0.6) is 0 Å². The number of benzene rings is 2. The molecule has 130 valence electrons. The monoisotopic (exact) mass is 378 g/mol. The Hall–Kier alpha value is -1.89. The van der Waals surface area contributed by atoms with Gasteiger partial charge in [-0.15, -0.1) is 0 Å². The van der Waals surface area contributed by atoms with Crippen molar-refractivity contribution in [1.82, 2.24) is 9.29 Å². The third kappa shape index (κ3) is 2.74. The van der Waals surface area contributed by atoms with E-state index in [1.165, 1.54) is 22.5 Å². The Bertz CT molecular complexity index is 1090. The largest absolute Gasteiger partial charge is 0.357 e. The van der Waals surface area contributed by atoms with Crippen molar-refractivity contribution in [3.63, 3.8) is 0 Å². The fourth-order valence-electron chi connectivity index (χ4n) is 3.32. The molecule has 1 N–H and O–H groups in total. The quantitative estimate of drug-likeness (QED) is 0.732. The molecule has 7 heteroatoms. The van der Waals surface area contributed by atoms with E-state index in [2.05, 4.69) is 4.98 Å². The molecule has 0 bridgehead atoms. The van der Waals surface area contributed by atoms with Crippen LogP contribution in [0, 0.1) is 12.7 Å². The van der Waals surface area contributed by atoms with Gasteiger partial charge in [0, 0.05) is 28.2 Å². The summed E-state index contributed by atoms with van der Waals surface area (Å²) in [5.41, 5.74) is 3.36. The summed E-state index contributed by atoms with van der Waals surface area (Å²) in [5.74, 6) is -0.291. The SMILES string of the molecule is Cc1cc(S(=O)(=O)N2CCc3c([nH]c4ccc(F)cc34)C2)ccc1Cl. The first-order valence-corrected chi connectivity index (χ1v) is 9.73. The number of aromatic amines is 1. The molecule has 0 aliphatic carbocycles. The van der Waals surface area contributed by atoms with Gasteiger partial charge in [-0.2, -0.15) is 4.31 Å². The van der Waals surface area contributed by atoms with Gasteiger partial charge in [-0.3, -0.25) is 0 Å². The lowest BCUT2D eigenvalue weighted by molar-refractivity contribution is 0.388. The van der Waals surface area contributed by atoms with Crippen molar-refractivity contribution < 1.29 is 12.8 Å². The number of sulfonamides is 1. The number of aryl methyl sites for hydroxylation is 1. The number of halogens is 2. The predicted octanol–water partition coefficient (Wildman–Crippen LogP) is 4.02. The van der Waals surface area contributed by atoms with E-state index in [1.54, 1.807) is 25.1 Å². The maximum Gasteiger partial charge on any atom is 0.243 e. The van der Waals surface area contributed by atoms with Gasteiger partial charge in [0.05, 0.1) is 11.4 Å². The van der Waals surface area contributed by atoms with Gasteiger partial charge in [0.1, 0.15) is 5.82 Å². The summed E-state index contributed by atoms with van der Waals surface area (Å²) >= 11 is 6.00. The molecule has 0 saturated heterocycles. The minimum absolute atomic E-state index is 0.236. The molecule has 1 aliphatic rings. The number of nitrogens with one attached hydrogen (secondary N) is 1. The van der Waals surface area contributed by atoms with Crippen LogP contribution in [0.25, 0.3) is 10.9 Å². The molecule has 0 unspecified atom stereocenters. The highest BCUT2D eigenvalue weighted by atomic mass is 35.5. The molecule has 1 aromatic heterocycles. The van der Waals surface area contributed by atoms with Crippen LogP contribution < -0.4 is 0 Å². The molecule has 4 nitrogen and oxygen atoms in total. The summed E-state index contributed by atoms with van der Waals surface area (Å²) in [6.45, 7) is 2.39. The molecule has 0 amide bonds. The van der Waals surface area contributed by atoms with Crippen LogP contribution in [0.3, 0.4) is 0 Å². The summed E-state index contributed by atoms with van der Waals surface area (Å²) in [7, 11) is -3.61. The zero-order valence-corrected chi connectivity index (χ0v) is 15.1. The summed E-state index contributed by atoms with van der Waals surface area (Å²) in [4.78, 5) is 3.46. The number of hydrogen-bond donors (Lipinski definition) is 1. The molecule has 25 heavy (non-hydrogen) atoms. The Balaban J connectivity index is 1.72. The second-order valence-electron chi connectivity index (χ2n) is 6.27. The maximum atomic E-state index is 13.5. The molecule has 0 spiro atoms. The molecule has 1 aliphatic heterocycles. The van der Waals surface area contributed by atoms with Crippen molar-refractivity contribution in [3.8, 4) is 0 Å². The van der Waals surface area contributed by atoms with Gasteiger partial charge in [-0.1, -0.05) is 11.6 Å². The normalized spacial score (nSPS) is 15.5. The molecule has 0 fully saturated rings. The van der Waals surface area contributed by atoms with Crippen molar-refractivity contribution in [2.75, 3.05) is 6.54 Å². The van der Waals surface area contributed by atoms with Gasteiger partial charge in [0.15, 0.2) is 0 Å². The van der Waals surface area contributed by atoms with Gasteiger partial charge in [-0.25, -0.2) is 12.8 Å². The molecular weight excluding hydrogens is 363 g/mol. The Morgan fingerprint density at radius 2 is 2.00 bits per heavy atom. The Morgan fingerprint density at radius 3 is 2.76 bits per heavy atom. The smallest absolute Gasteiger partial charge is 0.243 e. The average Bonchev–Trinajstić information content (AvgIpc) is 2.94. The summed E-state index contributed by atoms with van der Waals surface area (Å²) < 4.78 is 40.8. The minimum atomic E-state index is -3.61. The van der Waals surface area contributed by atoms with Crippen molar-refractivity contribution in [2.24, 2.45) is 0 Å². The van der Waals surface area contributed by atoms with Gasteiger partial charge in [0.2, 0.25) is 10.0 Å². The van der Waals surface area contributed by atoms with E-state index in [0.29, 0.717) is 18.0 Å². The van der Waals surface area contributed by atoms with Gasteiger partial charge in [-0.05, 0) is 60.9 Å². The Kier molecular flexibility index (Phi) is 3.86. The number of H-pyrrole nitrogens is 1. The summed E-state index contributed by atoms with van der Waals surface area (Å²) in [6.07, 6.45) is 0.546. The number of rotatable bonds is 2. The first-order valence-electron chi connectivity index (χ1n) is 7.91. The van der Waals surface area contributed by atoms with E-state index in [0.717, 1.165) is 27.7 Å². The van der Waals surface area contributed by atoms with Crippen LogP contribution in [0.4, 0.5) is 4.39 Å².